The molecule has 2 N–H and O–H groups in total. The minimum Gasteiger partial charge on any atom is -0.355 e. The number of nitrogens with one attached hydrogen (secondary N) is 2. The van der Waals surface area contributed by atoms with E-state index in [-0.39, 0.29) is 10.6 Å². The molecule has 7 heteroatoms. The molecule has 0 saturated heterocycles. The molecule has 0 fully saturated rings. The zero-order chi connectivity index (χ0) is 35.0. The van der Waals surface area contributed by atoms with Gasteiger partial charge in [-0.2, -0.15) is 0 Å². The van der Waals surface area contributed by atoms with Crippen molar-refractivity contribution in [2.75, 3.05) is 0 Å². The summed E-state index contributed by atoms with van der Waals surface area (Å²) in [5.41, 5.74) is 20.0. The molecule has 4 aromatic rings. The number of nitro groups is 1. The fourth-order valence-corrected chi connectivity index (χ4v) is 8.25. The van der Waals surface area contributed by atoms with E-state index in [4.69, 9.17) is 9.97 Å². The van der Waals surface area contributed by atoms with Gasteiger partial charge in [-0.1, -0.05) is 67.5 Å². The summed E-state index contributed by atoms with van der Waals surface area (Å²) in [5.74, 6) is 0. The third-order valence-electron chi connectivity index (χ3n) is 10.5. The number of fused-ring (bicyclic) bond motifs is 8. The first-order valence-electron chi connectivity index (χ1n) is 18.3. The van der Waals surface area contributed by atoms with Crippen LogP contribution in [0.1, 0.15) is 126 Å². The molecule has 6 rings (SSSR count). The number of hydrogen-bond acceptors (Lipinski definition) is 4. The number of allylic oxidation sites excluding steroid dienone is 4. The summed E-state index contributed by atoms with van der Waals surface area (Å²) in [5, 5.41) is 12.1. The highest BCUT2D eigenvalue weighted by Crippen LogP contribution is 2.44. The van der Waals surface area contributed by atoms with Gasteiger partial charge in [-0.15, -0.1) is 0 Å². The first kappa shape index (κ1) is 34.1. The zero-order valence-corrected chi connectivity index (χ0v) is 30.4. The van der Waals surface area contributed by atoms with Gasteiger partial charge in [-0.3, -0.25) is 10.1 Å². The van der Waals surface area contributed by atoms with E-state index in [1.165, 1.54) is 44.5 Å². The van der Waals surface area contributed by atoms with Crippen LogP contribution in [0.5, 0.6) is 0 Å². The van der Waals surface area contributed by atoms with E-state index in [1.54, 1.807) is 18.2 Å². The topological polar surface area (TPSA) is 100 Å². The molecule has 5 heterocycles. The number of nitrogens with zero attached hydrogens (tertiary/aromatic N) is 3. The molecule has 254 valence electrons. The van der Waals surface area contributed by atoms with E-state index in [1.807, 2.05) is 6.07 Å². The molecular formula is C42H49N5O2. The number of non-ortho nitro benzene ring substituents is 1. The van der Waals surface area contributed by atoms with Crippen LogP contribution in [0.2, 0.25) is 0 Å². The van der Waals surface area contributed by atoms with Gasteiger partial charge in [0.1, 0.15) is 0 Å². The molecule has 3 aromatic heterocycles. The Bertz CT molecular complexity index is 2190. The summed E-state index contributed by atoms with van der Waals surface area (Å²) in [7, 11) is 0. The van der Waals surface area contributed by atoms with Crippen molar-refractivity contribution in [1.29, 1.82) is 0 Å². The van der Waals surface area contributed by atoms with Gasteiger partial charge in [-0.05, 0) is 120 Å². The molecule has 2 aliphatic heterocycles. The Labute approximate surface area is 289 Å². The van der Waals surface area contributed by atoms with Crippen LogP contribution >= 0.6 is 0 Å². The molecule has 0 unspecified atom stereocenters. The van der Waals surface area contributed by atoms with Crippen molar-refractivity contribution in [1.82, 2.24) is 19.9 Å². The van der Waals surface area contributed by atoms with Crippen LogP contribution in [-0.4, -0.2) is 24.9 Å². The van der Waals surface area contributed by atoms with Crippen LogP contribution in [-0.2, 0) is 25.7 Å². The van der Waals surface area contributed by atoms with Crippen LogP contribution in [0, 0.1) is 10.1 Å². The van der Waals surface area contributed by atoms with Gasteiger partial charge in [0.15, 0.2) is 0 Å². The number of aryl methyl sites for hydroxylation is 4. The van der Waals surface area contributed by atoms with Gasteiger partial charge in [0.25, 0.3) is 5.69 Å². The number of nitro benzene ring substituents is 1. The highest BCUT2D eigenvalue weighted by Gasteiger charge is 2.26. The molecule has 8 bridgehead atoms. The van der Waals surface area contributed by atoms with Crippen molar-refractivity contribution in [3.8, 4) is 11.1 Å². The number of aromatic nitrogens is 4. The summed E-state index contributed by atoms with van der Waals surface area (Å²) in [6, 6.07) is 13.8. The Morgan fingerprint density at radius 1 is 0.571 bits per heavy atom. The van der Waals surface area contributed by atoms with E-state index in [0.717, 1.165) is 107 Å². The van der Waals surface area contributed by atoms with Crippen molar-refractivity contribution < 1.29 is 4.92 Å². The predicted molar refractivity (Wildman–Crippen MR) is 205 cm³/mol. The molecule has 0 radical (unpaired) electrons. The number of H-pyrrole nitrogens is 2. The lowest BCUT2D eigenvalue weighted by molar-refractivity contribution is -0.384. The highest BCUT2D eigenvalue weighted by molar-refractivity contribution is 6.02. The van der Waals surface area contributed by atoms with Crippen molar-refractivity contribution in [3.05, 3.63) is 97.6 Å². The average molecular weight is 656 g/mol. The monoisotopic (exact) mass is 655 g/mol. The standard InChI is InChI=1S/C42H49N5O2/c1-9-26-28(11-3)36-22-38-30(13-5)32(15-7)41(45-38)40(24-18-17-19-25(20-24)47(48)49)42-33(16-8)31(14-6)39(46-42)23-37-29(12-4)27(10-2)35(44-37)21-34(26)43-36/h17-23,43,45H,9-16H2,1-8H3. The Morgan fingerprint density at radius 3 is 1.65 bits per heavy atom. The predicted octanol–water partition coefficient (Wildman–Crippen LogP) is 11.6. The van der Waals surface area contributed by atoms with Gasteiger partial charge in [-0.25, -0.2) is 9.97 Å². The smallest absolute Gasteiger partial charge is 0.270 e. The summed E-state index contributed by atoms with van der Waals surface area (Å²) in [6.07, 6.45) is 6.88. The van der Waals surface area contributed by atoms with Crippen LogP contribution in [0.25, 0.3) is 55.5 Å². The van der Waals surface area contributed by atoms with Crippen molar-refractivity contribution in [2.45, 2.75) is 107 Å². The fourth-order valence-electron chi connectivity index (χ4n) is 8.25. The highest BCUT2D eigenvalue weighted by atomic mass is 16.6. The molecule has 0 spiro atoms. The van der Waals surface area contributed by atoms with Gasteiger partial charge in [0.2, 0.25) is 0 Å². The van der Waals surface area contributed by atoms with Gasteiger partial charge >= 0.3 is 0 Å². The third-order valence-corrected chi connectivity index (χ3v) is 10.5. The molecule has 0 saturated carbocycles. The number of rotatable bonds is 10. The lowest BCUT2D eigenvalue weighted by Crippen LogP contribution is -1.94. The van der Waals surface area contributed by atoms with Crippen LogP contribution in [0.15, 0.2) is 42.5 Å². The molecule has 0 atom stereocenters. The zero-order valence-electron chi connectivity index (χ0n) is 30.4. The van der Waals surface area contributed by atoms with E-state index in [9.17, 15) is 10.1 Å². The quantitative estimate of drug-likeness (QED) is 0.131. The third kappa shape index (κ3) is 5.73. The summed E-state index contributed by atoms with van der Waals surface area (Å²) >= 11 is 0. The summed E-state index contributed by atoms with van der Waals surface area (Å²) in [4.78, 5) is 30.3. The van der Waals surface area contributed by atoms with E-state index >= 15 is 0 Å². The second-order valence-electron chi connectivity index (χ2n) is 12.9. The normalized spacial score (nSPS) is 13.1. The number of benzene rings is 1. The number of hydrogen-bond donors (Lipinski definition) is 2. The van der Waals surface area contributed by atoms with E-state index in [0.29, 0.717) is 0 Å². The van der Waals surface area contributed by atoms with Gasteiger partial charge < -0.3 is 9.97 Å². The van der Waals surface area contributed by atoms with E-state index in [2.05, 4.69) is 83.6 Å². The Kier molecular flexibility index (Phi) is 9.73. The Morgan fingerprint density at radius 2 is 1.08 bits per heavy atom. The molecule has 7 nitrogen and oxygen atoms in total. The van der Waals surface area contributed by atoms with E-state index < -0.39 is 0 Å². The lowest BCUT2D eigenvalue weighted by atomic mass is 9.92. The second-order valence-corrected chi connectivity index (χ2v) is 12.9. The van der Waals surface area contributed by atoms with Gasteiger partial charge in [0.05, 0.1) is 33.2 Å². The maximum absolute atomic E-state index is 12.1. The molecule has 1 aromatic carbocycles. The minimum absolute atomic E-state index is 0.0689. The van der Waals surface area contributed by atoms with Crippen molar-refractivity contribution in [2.24, 2.45) is 0 Å². The Balaban J connectivity index is 1.93. The minimum atomic E-state index is -0.310. The van der Waals surface area contributed by atoms with Gasteiger partial charge in [0, 0.05) is 34.2 Å². The summed E-state index contributed by atoms with van der Waals surface area (Å²) in [6.45, 7) is 17.7. The van der Waals surface area contributed by atoms with Crippen LogP contribution in [0.4, 0.5) is 5.69 Å². The maximum atomic E-state index is 12.1. The maximum Gasteiger partial charge on any atom is 0.270 e. The molecule has 2 aliphatic rings. The number of aromatic amines is 2. The van der Waals surface area contributed by atoms with Crippen LogP contribution < -0.4 is 0 Å². The molecular weight excluding hydrogens is 606 g/mol. The SMILES string of the molecule is CCC1=C(CC)c2cc3[nH]c(cc4[nH]c(c(CC)c4CC)c(-c4cccc([N+](=O)[O-])c4)c4nc(cc1n2)C(CC)=C4CC)c(CC)c3CC. The first-order valence-corrected chi connectivity index (χ1v) is 18.3. The molecule has 0 aliphatic carbocycles. The van der Waals surface area contributed by atoms with Crippen molar-refractivity contribution >= 4 is 50.0 Å². The second kappa shape index (κ2) is 14.0. The average Bonchev–Trinajstić information content (AvgIpc) is 3.83. The molecule has 0 amide bonds. The first-order chi connectivity index (χ1) is 23.8. The largest absolute Gasteiger partial charge is 0.355 e. The fraction of sp³-hybridized carbons (Fsp3) is 0.381. The lowest BCUT2D eigenvalue weighted by Gasteiger charge is -2.11. The molecule has 49 heavy (non-hydrogen) atoms. The Hall–Kier alpha value is -4.78. The van der Waals surface area contributed by atoms with Crippen molar-refractivity contribution in [3.63, 3.8) is 0 Å². The van der Waals surface area contributed by atoms with Crippen LogP contribution in [0.3, 0.4) is 0 Å². The summed E-state index contributed by atoms with van der Waals surface area (Å²) < 4.78 is 0.